The van der Waals surface area contributed by atoms with Crippen LogP contribution in [-0.4, -0.2) is 37.5 Å². The average Bonchev–Trinajstić information content (AvgIpc) is 2.81. The predicted octanol–water partition coefficient (Wildman–Crippen LogP) is 2.40. The smallest absolute Gasteiger partial charge is 0.244 e. The molecule has 2 N–H and O–H groups in total. The van der Waals surface area contributed by atoms with Crippen LogP contribution in [-0.2, 0) is 4.79 Å². The van der Waals surface area contributed by atoms with Gasteiger partial charge in [0.15, 0.2) is 0 Å². The van der Waals surface area contributed by atoms with Crippen LogP contribution in [0.5, 0.6) is 0 Å². The molecule has 1 heterocycles. The van der Waals surface area contributed by atoms with E-state index in [4.69, 9.17) is 5.73 Å². The lowest BCUT2D eigenvalue weighted by Gasteiger charge is -2.29. The van der Waals surface area contributed by atoms with Crippen molar-refractivity contribution >= 4 is 33.2 Å². The third-order valence-corrected chi connectivity index (χ3v) is 4.26. The van der Waals surface area contributed by atoms with Crippen LogP contribution in [0.25, 0.3) is 0 Å². The molecule has 104 valence electrons. The number of nitrogens with zero attached hydrogens (tertiary/aromatic N) is 2. The number of carbonyl (C=O) groups excluding carboxylic acids is 1. The Morgan fingerprint density at radius 3 is 2.79 bits per heavy atom. The van der Waals surface area contributed by atoms with Crippen LogP contribution in [0.2, 0.25) is 0 Å². The Balaban J connectivity index is 2.35. The fourth-order valence-electron chi connectivity index (χ4n) is 2.51. The van der Waals surface area contributed by atoms with E-state index < -0.39 is 0 Å². The number of hydrogen-bond acceptors (Lipinski definition) is 3. The highest BCUT2D eigenvalue weighted by Crippen LogP contribution is 2.35. The highest BCUT2D eigenvalue weighted by atomic mass is 79.9. The minimum Gasteiger partial charge on any atom is -0.398 e. The van der Waals surface area contributed by atoms with E-state index in [9.17, 15) is 4.79 Å². The van der Waals surface area contributed by atoms with Crippen molar-refractivity contribution in [1.29, 1.82) is 0 Å². The zero-order chi connectivity index (χ0) is 14.2. The molecular weight excluding hydrogens is 306 g/mol. The number of likely N-dealkylation sites (N-methyl/N-ethyl adjacent to an activating group) is 1. The summed E-state index contributed by atoms with van der Waals surface area (Å²) in [4.78, 5) is 16.1. The summed E-state index contributed by atoms with van der Waals surface area (Å²) in [6.07, 6.45) is 1.95. The zero-order valence-electron chi connectivity index (χ0n) is 11.6. The highest BCUT2D eigenvalue weighted by Gasteiger charge is 2.32. The fraction of sp³-hybridized carbons (Fsp3) is 0.500. The summed E-state index contributed by atoms with van der Waals surface area (Å²) in [5.41, 5.74) is 8.78. The summed E-state index contributed by atoms with van der Waals surface area (Å²) in [5.74, 6) is 0.166. The molecule has 0 bridgehead atoms. The fourth-order valence-corrected chi connectivity index (χ4v) is 3.10. The van der Waals surface area contributed by atoms with E-state index in [0.717, 1.165) is 40.8 Å². The van der Waals surface area contributed by atoms with E-state index in [-0.39, 0.29) is 11.9 Å². The second-order valence-corrected chi connectivity index (χ2v) is 6.10. The second kappa shape index (κ2) is 5.41. The first kappa shape index (κ1) is 14.2. The van der Waals surface area contributed by atoms with Gasteiger partial charge in [-0.3, -0.25) is 4.79 Å². The third kappa shape index (κ3) is 2.71. The van der Waals surface area contributed by atoms with Gasteiger partial charge in [-0.15, -0.1) is 0 Å². The van der Waals surface area contributed by atoms with Gasteiger partial charge < -0.3 is 15.5 Å². The topological polar surface area (TPSA) is 49.6 Å². The number of halogens is 1. The van der Waals surface area contributed by atoms with Crippen molar-refractivity contribution in [3.8, 4) is 0 Å². The number of carbonyl (C=O) groups is 1. The van der Waals surface area contributed by atoms with Gasteiger partial charge in [0.25, 0.3) is 0 Å². The van der Waals surface area contributed by atoms with E-state index in [2.05, 4.69) is 26.9 Å². The van der Waals surface area contributed by atoms with E-state index >= 15 is 0 Å². The molecule has 1 unspecified atom stereocenters. The maximum Gasteiger partial charge on any atom is 0.244 e. The monoisotopic (exact) mass is 325 g/mol. The summed E-state index contributed by atoms with van der Waals surface area (Å²) in [7, 11) is 3.62. The first-order valence-electron chi connectivity index (χ1n) is 6.45. The molecule has 1 fully saturated rings. The van der Waals surface area contributed by atoms with Crippen LogP contribution in [0.1, 0.15) is 18.4 Å². The van der Waals surface area contributed by atoms with E-state index in [1.807, 2.05) is 27.1 Å². The average molecular weight is 326 g/mol. The van der Waals surface area contributed by atoms with E-state index in [0.29, 0.717) is 0 Å². The summed E-state index contributed by atoms with van der Waals surface area (Å²) >= 11 is 3.56. The Kier molecular flexibility index (Phi) is 4.04. The molecule has 1 aliphatic heterocycles. The van der Waals surface area contributed by atoms with Gasteiger partial charge >= 0.3 is 0 Å². The molecule has 5 heteroatoms. The molecule has 0 radical (unpaired) electrons. The standard InChI is InChI=1S/C14H20BrN3O/c1-9-7-13(10(15)8-11(9)16)18-6-4-5-12(18)14(19)17(2)3/h7-8,12H,4-6,16H2,1-3H3. The normalized spacial score (nSPS) is 18.7. The molecule has 0 saturated carbocycles. The molecule has 1 aromatic carbocycles. The lowest BCUT2D eigenvalue weighted by Crippen LogP contribution is -2.42. The van der Waals surface area contributed by atoms with E-state index in [1.54, 1.807) is 4.90 Å². The maximum absolute atomic E-state index is 12.2. The Morgan fingerprint density at radius 2 is 2.16 bits per heavy atom. The third-order valence-electron chi connectivity index (χ3n) is 3.62. The Labute approximate surface area is 122 Å². The molecule has 1 aliphatic rings. The zero-order valence-corrected chi connectivity index (χ0v) is 13.2. The van der Waals surface area contributed by atoms with Crippen molar-refractivity contribution in [1.82, 2.24) is 4.90 Å². The van der Waals surface area contributed by atoms with Gasteiger partial charge in [-0.25, -0.2) is 0 Å². The Hall–Kier alpha value is -1.23. The quantitative estimate of drug-likeness (QED) is 0.849. The first-order valence-corrected chi connectivity index (χ1v) is 7.24. The summed E-state index contributed by atoms with van der Waals surface area (Å²) in [5, 5.41) is 0. The van der Waals surface area contributed by atoms with Crippen LogP contribution < -0.4 is 10.6 Å². The van der Waals surface area contributed by atoms with Crippen LogP contribution in [0.4, 0.5) is 11.4 Å². The van der Waals surface area contributed by atoms with Gasteiger partial charge in [0.1, 0.15) is 6.04 Å². The Morgan fingerprint density at radius 1 is 1.47 bits per heavy atom. The van der Waals surface area contributed by atoms with Crippen molar-refractivity contribution in [3.63, 3.8) is 0 Å². The summed E-state index contributed by atoms with van der Waals surface area (Å²) in [6.45, 7) is 2.90. The van der Waals surface area contributed by atoms with Crippen LogP contribution in [0.15, 0.2) is 16.6 Å². The van der Waals surface area contributed by atoms with Crippen LogP contribution in [0.3, 0.4) is 0 Å². The van der Waals surface area contributed by atoms with Crippen molar-refractivity contribution < 1.29 is 4.79 Å². The first-order chi connectivity index (χ1) is 8.91. The molecule has 0 aromatic heterocycles. The molecule has 1 aromatic rings. The highest BCUT2D eigenvalue weighted by molar-refractivity contribution is 9.10. The Bertz CT molecular complexity index is 502. The molecular formula is C14H20BrN3O. The number of hydrogen-bond donors (Lipinski definition) is 1. The number of nitrogens with two attached hydrogens (primary N) is 1. The van der Waals surface area contributed by atoms with Gasteiger partial charge in [-0.1, -0.05) is 0 Å². The number of anilines is 2. The number of benzene rings is 1. The minimum absolute atomic E-state index is 0.0608. The molecule has 0 spiro atoms. The largest absolute Gasteiger partial charge is 0.398 e. The molecule has 19 heavy (non-hydrogen) atoms. The molecule has 1 atom stereocenters. The predicted molar refractivity (Wildman–Crippen MR) is 82.4 cm³/mol. The summed E-state index contributed by atoms with van der Waals surface area (Å²) in [6, 6.07) is 3.91. The van der Waals surface area contributed by atoms with Gasteiger partial charge in [-0.05, 0) is 53.4 Å². The lowest BCUT2D eigenvalue weighted by molar-refractivity contribution is -0.129. The second-order valence-electron chi connectivity index (χ2n) is 5.24. The minimum atomic E-state index is -0.0608. The van der Waals surface area contributed by atoms with Gasteiger partial charge in [-0.2, -0.15) is 0 Å². The number of rotatable bonds is 2. The van der Waals surface area contributed by atoms with Crippen molar-refractivity contribution in [2.75, 3.05) is 31.3 Å². The molecule has 0 aliphatic carbocycles. The maximum atomic E-state index is 12.2. The molecule has 4 nitrogen and oxygen atoms in total. The van der Waals surface area contributed by atoms with Crippen molar-refractivity contribution in [2.45, 2.75) is 25.8 Å². The van der Waals surface area contributed by atoms with Gasteiger partial charge in [0.2, 0.25) is 5.91 Å². The molecule has 1 amide bonds. The summed E-state index contributed by atoms with van der Waals surface area (Å²) < 4.78 is 0.953. The lowest BCUT2D eigenvalue weighted by atomic mass is 10.1. The number of amides is 1. The van der Waals surface area contributed by atoms with Crippen molar-refractivity contribution in [2.24, 2.45) is 0 Å². The molecule has 2 rings (SSSR count). The van der Waals surface area contributed by atoms with Crippen LogP contribution in [0, 0.1) is 6.92 Å². The van der Waals surface area contributed by atoms with Crippen LogP contribution >= 0.6 is 15.9 Å². The number of aryl methyl sites for hydroxylation is 1. The SMILES string of the molecule is Cc1cc(N2CCCC2C(=O)N(C)C)c(Br)cc1N. The number of nitrogen functional groups attached to an aromatic ring is 1. The van der Waals surface area contributed by atoms with E-state index in [1.165, 1.54) is 0 Å². The van der Waals surface area contributed by atoms with Crippen molar-refractivity contribution in [3.05, 3.63) is 22.2 Å². The van der Waals surface area contributed by atoms with Gasteiger partial charge in [0.05, 0.1) is 5.69 Å². The molecule has 1 saturated heterocycles. The van der Waals surface area contributed by atoms with Gasteiger partial charge in [0, 0.05) is 30.8 Å².